The number of hydrogen-bond donors (Lipinski definition) is 0. The first-order chi connectivity index (χ1) is 10.7. The van der Waals surface area contributed by atoms with Gasteiger partial charge in [0.25, 0.3) is 0 Å². The van der Waals surface area contributed by atoms with Gasteiger partial charge in [0.2, 0.25) is 0 Å². The third-order valence-corrected chi connectivity index (χ3v) is 6.22. The van der Waals surface area contributed by atoms with Gasteiger partial charge in [-0.2, -0.15) is 0 Å². The standard InChI is InChI=1S/C20H26ClF/c1-2-3-4-14-5-6-16-12-17(8-7-15(16)11-14)18-9-10-19(21)20(22)13-18/h2,9-10,13-17H,1,3-8,11-12H2/t14-,15-,16-,17?/m1/s1. The quantitative estimate of drug-likeness (QED) is 0.538. The molecule has 0 heterocycles. The molecule has 0 spiro atoms. The van der Waals surface area contributed by atoms with Crippen LogP contribution in [-0.4, -0.2) is 0 Å². The molecule has 120 valence electrons. The number of hydrogen-bond acceptors (Lipinski definition) is 0. The summed E-state index contributed by atoms with van der Waals surface area (Å²) in [6, 6.07) is 5.39. The van der Waals surface area contributed by atoms with Crippen molar-refractivity contribution >= 4 is 11.6 Å². The van der Waals surface area contributed by atoms with E-state index in [1.807, 2.05) is 6.07 Å². The molecular weight excluding hydrogens is 295 g/mol. The summed E-state index contributed by atoms with van der Waals surface area (Å²) in [6.07, 6.45) is 12.4. The van der Waals surface area contributed by atoms with Gasteiger partial charge in [0.15, 0.2) is 0 Å². The Balaban J connectivity index is 1.60. The highest BCUT2D eigenvalue weighted by atomic mass is 35.5. The van der Waals surface area contributed by atoms with Gasteiger partial charge in [0, 0.05) is 0 Å². The van der Waals surface area contributed by atoms with Gasteiger partial charge in [-0.05, 0) is 86.3 Å². The van der Waals surface area contributed by atoms with E-state index in [0.29, 0.717) is 5.92 Å². The summed E-state index contributed by atoms with van der Waals surface area (Å²) < 4.78 is 13.7. The summed E-state index contributed by atoms with van der Waals surface area (Å²) in [4.78, 5) is 0. The SMILES string of the molecule is C=CCC[C@@H]1CC[C@@H]2CC(c3ccc(Cl)c(F)c3)CC[C@@H]2C1. The molecule has 3 rings (SSSR count). The predicted octanol–water partition coefficient (Wildman–Crippen LogP) is 6.75. The van der Waals surface area contributed by atoms with Crippen molar-refractivity contribution in [3.8, 4) is 0 Å². The van der Waals surface area contributed by atoms with Gasteiger partial charge in [-0.15, -0.1) is 6.58 Å². The summed E-state index contributed by atoms with van der Waals surface area (Å²) >= 11 is 5.81. The topological polar surface area (TPSA) is 0 Å². The lowest BCUT2D eigenvalue weighted by molar-refractivity contribution is 0.115. The monoisotopic (exact) mass is 320 g/mol. The van der Waals surface area contributed by atoms with Crippen LogP contribution in [-0.2, 0) is 0 Å². The fourth-order valence-electron chi connectivity index (χ4n) is 4.67. The molecule has 0 aromatic heterocycles. The van der Waals surface area contributed by atoms with E-state index in [1.54, 1.807) is 12.1 Å². The Morgan fingerprint density at radius 1 is 1.14 bits per heavy atom. The number of allylic oxidation sites excluding steroid dienone is 1. The molecule has 0 nitrogen and oxygen atoms in total. The molecular formula is C20H26ClF. The maximum Gasteiger partial charge on any atom is 0.142 e. The molecule has 0 amide bonds. The minimum absolute atomic E-state index is 0.236. The fraction of sp³-hybridized carbons (Fsp3) is 0.600. The summed E-state index contributed by atoms with van der Waals surface area (Å²) in [5.41, 5.74) is 1.15. The Bertz CT molecular complexity index is 524. The lowest BCUT2D eigenvalue weighted by Gasteiger charge is -2.42. The van der Waals surface area contributed by atoms with Crippen LogP contribution in [0.15, 0.2) is 30.9 Å². The summed E-state index contributed by atoms with van der Waals surface area (Å²) in [5.74, 6) is 2.91. The van der Waals surface area contributed by atoms with Crippen LogP contribution in [0.5, 0.6) is 0 Å². The van der Waals surface area contributed by atoms with Crippen molar-refractivity contribution in [3.05, 3.63) is 47.3 Å². The number of benzene rings is 1. The van der Waals surface area contributed by atoms with E-state index in [4.69, 9.17) is 11.6 Å². The first kappa shape index (κ1) is 16.1. The highest BCUT2D eigenvalue weighted by Gasteiger charge is 2.35. The van der Waals surface area contributed by atoms with Gasteiger partial charge >= 0.3 is 0 Å². The molecule has 1 unspecified atom stereocenters. The third-order valence-electron chi connectivity index (χ3n) is 5.92. The lowest BCUT2D eigenvalue weighted by Crippen LogP contribution is -2.30. The Morgan fingerprint density at radius 3 is 2.68 bits per heavy atom. The Morgan fingerprint density at radius 2 is 1.91 bits per heavy atom. The summed E-state index contributed by atoms with van der Waals surface area (Å²) in [6.45, 7) is 3.84. The molecule has 0 saturated heterocycles. The maximum atomic E-state index is 13.7. The largest absolute Gasteiger partial charge is 0.205 e. The summed E-state index contributed by atoms with van der Waals surface area (Å²) in [5, 5.41) is 0.236. The molecule has 0 bridgehead atoms. The van der Waals surface area contributed by atoms with Crippen molar-refractivity contribution in [2.24, 2.45) is 17.8 Å². The van der Waals surface area contributed by atoms with Crippen LogP contribution in [0.25, 0.3) is 0 Å². The Hall–Kier alpha value is -0.820. The smallest absolute Gasteiger partial charge is 0.142 e. The molecule has 0 radical (unpaired) electrons. The van der Waals surface area contributed by atoms with Crippen LogP contribution in [0.3, 0.4) is 0 Å². The molecule has 2 saturated carbocycles. The predicted molar refractivity (Wildman–Crippen MR) is 91.8 cm³/mol. The van der Waals surface area contributed by atoms with Crippen LogP contribution >= 0.6 is 11.6 Å². The lowest BCUT2D eigenvalue weighted by atomic mass is 9.63. The van der Waals surface area contributed by atoms with E-state index in [2.05, 4.69) is 12.7 Å². The average molecular weight is 321 g/mol. The molecule has 1 aromatic carbocycles. The zero-order chi connectivity index (χ0) is 15.5. The second-order valence-electron chi connectivity index (χ2n) is 7.25. The van der Waals surface area contributed by atoms with Gasteiger partial charge in [0.1, 0.15) is 5.82 Å². The van der Waals surface area contributed by atoms with Crippen LogP contribution in [0.2, 0.25) is 5.02 Å². The summed E-state index contributed by atoms with van der Waals surface area (Å²) in [7, 11) is 0. The van der Waals surface area contributed by atoms with E-state index < -0.39 is 0 Å². The van der Waals surface area contributed by atoms with Crippen molar-refractivity contribution < 1.29 is 4.39 Å². The van der Waals surface area contributed by atoms with E-state index in [0.717, 1.165) is 29.7 Å². The van der Waals surface area contributed by atoms with E-state index in [1.165, 1.54) is 44.9 Å². The molecule has 2 aliphatic carbocycles. The van der Waals surface area contributed by atoms with Crippen molar-refractivity contribution in [3.63, 3.8) is 0 Å². The van der Waals surface area contributed by atoms with E-state index in [-0.39, 0.29) is 10.8 Å². The second kappa shape index (κ2) is 7.17. The van der Waals surface area contributed by atoms with Gasteiger partial charge in [-0.25, -0.2) is 4.39 Å². The van der Waals surface area contributed by atoms with Gasteiger partial charge in [-0.3, -0.25) is 0 Å². The normalized spacial score (nSPS) is 31.5. The molecule has 22 heavy (non-hydrogen) atoms. The molecule has 1 aromatic rings. The molecule has 2 fully saturated rings. The molecule has 0 aliphatic heterocycles. The van der Waals surface area contributed by atoms with Gasteiger partial charge < -0.3 is 0 Å². The third kappa shape index (κ3) is 3.56. The van der Waals surface area contributed by atoms with Crippen LogP contribution in [0.1, 0.15) is 62.8 Å². The molecule has 2 aliphatic rings. The fourth-order valence-corrected chi connectivity index (χ4v) is 4.79. The molecule has 2 heteroatoms. The Labute approximate surface area is 138 Å². The van der Waals surface area contributed by atoms with Crippen molar-refractivity contribution in [1.82, 2.24) is 0 Å². The zero-order valence-electron chi connectivity index (χ0n) is 13.2. The van der Waals surface area contributed by atoms with Crippen LogP contribution in [0, 0.1) is 23.6 Å². The maximum absolute atomic E-state index is 13.7. The highest BCUT2D eigenvalue weighted by Crippen LogP contribution is 2.48. The minimum Gasteiger partial charge on any atom is -0.205 e. The first-order valence-corrected chi connectivity index (χ1v) is 9.11. The van der Waals surface area contributed by atoms with Crippen LogP contribution in [0.4, 0.5) is 4.39 Å². The molecule has 0 N–H and O–H groups in total. The van der Waals surface area contributed by atoms with Crippen molar-refractivity contribution in [2.75, 3.05) is 0 Å². The zero-order valence-corrected chi connectivity index (χ0v) is 14.0. The van der Waals surface area contributed by atoms with E-state index in [9.17, 15) is 4.39 Å². The van der Waals surface area contributed by atoms with Crippen LogP contribution < -0.4 is 0 Å². The van der Waals surface area contributed by atoms with Crippen molar-refractivity contribution in [1.29, 1.82) is 0 Å². The van der Waals surface area contributed by atoms with Gasteiger partial charge in [0.05, 0.1) is 5.02 Å². The first-order valence-electron chi connectivity index (χ1n) is 8.73. The van der Waals surface area contributed by atoms with Gasteiger partial charge in [-0.1, -0.05) is 30.2 Å². The minimum atomic E-state index is -0.269. The number of fused-ring (bicyclic) bond motifs is 1. The highest BCUT2D eigenvalue weighted by molar-refractivity contribution is 6.30. The molecule has 4 atom stereocenters. The second-order valence-corrected chi connectivity index (χ2v) is 7.66. The van der Waals surface area contributed by atoms with Crippen molar-refractivity contribution in [2.45, 2.75) is 57.3 Å². The number of halogens is 2. The number of rotatable bonds is 4. The Kier molecular flexibility index (Phi) is 5.23. The average Bonchev–Trinajstić information content (AvgIpc) is 2.55. The van der Waals surface area contributed by atoms with E-state index >= 15 is 0 Å².